The lowest BCUT2D eigenvalue weighted by Crippen LogP contribution is -2.39. The number of rotatable bonds is 2. The Balaban J connectivity index is 1.94. The largest absolute Gasteiger partial charge is 0.472 e. The number of carbonyl (C=O) groups is 1. The van der Waals surface area contributed by atoms with E-state index in [1.54, 1.807) is 11.1 Å². The number of hydrogen-bond donors (Lipinski definition) is 0. The highest BCUT2D eigenvalue weighted by atomic mass is 79.9. The monoisotopic (exact) mass is 356 g/mol. The van der Waals surface area contributed by atoms with Crippen LogP contribution in [-0.4, -0.2) is 40.3 Å². The summed E-state index contributed by atoms with van der Waals surface area (Å²) in [5, 5.41) is 0. The Hall–Kier alpha value is -1.30. The Kier molecular flexibility index (Phi) is 4.76. The SMILES string of the molecule is C[C@H]1C[C@@H](Oc2ccc(Br)cn2)CN1C(=O)OC(C)(C)C. The first-order chi connectivity index (χ1) is 9.74. The smallest absolute Gasteiger partial charge is 0.410 e. The van der Waals surface area contributed by atoms with Crippen molar-refractivity contribution in [1.82, 2.24) is 9.88 Å². The second-order valence-corrected chi connectivity index (χ2v) is 7.19. The third-order valence-corrected chi connectivity index (χ3v) is 3.62. The number of halogens is 1. The molecule has 1 aliphatic rings. The molecule has 6 heteroatoms. The first-order valence-electron chi connectivity index (χ1n) is 7.02. The first-order valence-corrected chi connectivity index (χ1v) is 7.82. The van der Waals surface area contributed by atoms with Gasteiger partial charge in [-0.1, -0.05) is 0 Å². The highest BCUT2D eigenvalue weighted by molar-refractivity contribution is 9.10. The molecule has 2 atom stereocenters. The standard InChI is InChI=1S/C15H21BrN2O3/c1-10-7-12(20-13-6-5-11(16)8-17-13)9-18(10)14(19)21-15(2,3)4/h5-6,8,10,12H,7,9H2,1-4H3/t10-,12+/m0/s1. The topological polar surface area (TPSA) is 51.7 Å². The normalized spacial score (nSPS) is 22.2. The van der Waals surface area contributed by atoms with Gasteiger partial charge in [-0.3, -0.25) is 0 Å². The molecule has 1 amide bonds. The highest BCUT2D eigenvalue weighted by Gasteiger charge is 2.36. The van der Waals surface area contributed by atoms with Crippen LogP contribution in [0.4, 0.5) is 4.79 Å². The van der Waals surface area contributed by atoms with Crippen LogP contribution in [0.2, 0.25) is 0 Å². The molecule has 0 N–H and O–H groups in total. The molecule has 0 aromatic carbocycles. The lowest BCUT2D eigenvalue weighted by Gasteiger charge is -2.26. The number of carbonyl (C=O) groups excluding carboxylic acids is 1. The second kappa shape index (κ2) is 6.22. The summed E-state index contributed by atoms with van der Waals surface area (Å²) in [6.45, 7) is 8.12. The van der Waals surface area contributed by atoms with Crippen LogP contribution in [0.3, 0.4) is 0 Å². The fourth-order valence-corrected chi connectivity index (χ4v) is 2.48. The minimum absolute atomic E-state index is 0.0545. The van der Waals surface area contributed by atoms with Crippen molar-refractivity contribution < 1.29 is 14.3 Å². The van der Waals surface area contributed by atoms with Crippen LogP contribution < -0.4 is 4.74 Å². The van der Waals surface area contributed by atoms with Crippen molar-refractivity contribution in [2.24, 2.45) is 0 Å². The zero-order valence-corrected chi connectivity index (χ0v) is 14.4. The van der Waals surface area contributed by atoms with E-state index in [9.17, 15) is 4.79 Å². The molecule has 1 aromatic rings. The quantitative estimate of drug-likeness (QED) is 0.811. The van der Waals surface area contributed by atoms with Crippen LogP contribution in [0.15, 0.2) is 22.8 Å². The summed E-state index contributed by atoms with van der Waals surface area (Å²) in [4.78, 5) is 18.0. The fourth-order valence-electron chi connectivity index (χ4n) is 2.24. The molecule has 0 aliphatic carbocycles. The van der Waals surface area contributed by atoms with Gasteiger partial charge in [0.05, 0.1) is 6.54 Å². The second-order valence-electron chi connectivity index (χ2n) is 6.27. The lowest BCUT2D eigenvalue weighted by molar-refractivity contribution is 0.0223. The van der Waals surface area contributed by atoms with Gasteiger partial charge in [0.15, 0.2) is 0 Å². The summed E-state index contributed by atoms with van der Waals surface area (Å²) in [6.07, 6.45) is 2.13. The molecule has 1 fully saturated rings. The molecule has 0 unspecified atom stereocenters. The molecule has 0 spiro atoms. The molecule has 21 heavy (non-hydrogen) atoms. The lowest BCUT2D eigenvalue weighted by atomic mass is 10.2. The zero-order chi connectivity index (χ0) is 15.6. The summed E-state index contributed by atoms with van der Waals surface area (Å²) in [5.41, 5.74) is -0.483. The van der Waals surface area contributed by atoms with E-state index >= 15 is 0 Å². The van der Waals surface area contributed by atoms with Gasteiger partial charge < -0.3 is 14.4 Å². The number of ether oxygens (including phenoxy) is 2. The van der Waals surface area contributed by atoms with Gasteiger partial charge >= 0.3 is 6.09 Å². The predicted octanol–water partition coefficient (Wildman–Crippen LogP) is 3.62. The minimum Gasteiger partial charge on any atom is -0.472 e. The van der Waals surface area contributed by atoms with Crippen LogP contribution in [0.5, 0.6) is 5.88 Å². The molecule has 1 aliphatic heterocycles. The van der Waals surface area contributed by atoms with Gasteiger partial charge in [0.1, 0.15) is 11.7 Å². The number of likely N-dealkylation sites (tertiary alicyclic amines) is 1. The van der Waals surface area contributed by atoms with Crippen molar-refractivity contribution >= 4 is 22.0 Å². The summed E-state index contributed by atoms with van der Waals surface area (Å²) < 4.78 is 12.2. The number of amides is 1. The molecule has 5 nitrogen and oxygen atoms in total. The van der Waals surface area contributed by atoms with Crippen LogP contribution >= 0.6 is 15.9 Å². The molecule has 0 saturated carbocycles. The van der Waals surface area contributed by atoms with E-state index in [1.165, 1.54) is 0 Å². The summed E-state index contributed by atoms with van der Waals surface area (Å²) in [5.74, 6) is 0.571. The van der Waals surface area contributed by atoms with Crippen molar-refractivity contribution in [1.29, 1.82) is 0 Å². The molecule has 2 rings (SSSR count). The summed E-state index contributed by atoms with van der Waals surface area (Å²) >= 11 is 3.34. The Morgan fingerprint density at radius 3 is 2.71 bits per heavy atom. The maximum Gasteiger partial charge on any atom is 0.410 e. The van der Waals surface area contributed by atoms with Crippen LogP contribution in [0.25, 0.3) is 0 Å². The van der Waals surface area contributed by atoms with Gasteiger partial charge in [-0.05, 0) is 49.7 Å². The highest BCUT2D eigenvalue weighted by Crippen LogP contribution is 2.24. The van der Waals surface area contributed by atoms with Gasteiger partial charge in [-0.2, -0.15) is 0 Å². The average molecular weight is 357 g/mol. The zero-order valence-electron chi connectivity index (χ0n) is 12.8. The van der Waals surface area contributed by atoms with Crippen LogP contribution in [0.1, 0.15) is 34.1 Å². The molecular formula is C15H21BrN2O3. The van der Waals surface area contributed by atoms with Crippen molar-refractivity contribution in [3.05, 3.63) is 22.8 Å². The molecule has 116 valence electrons. The number of nitrogens with zero attached hydrogens (tertiary/aromatic N) is 2. The van der Waals surface area contributed by atoms with Crippen molar-refractivity contribution in [3.63, 3.8) is 0 Å². The first kappa shape index (κ1) is 16.1. The Morgan fingerprint density at radius 2 is 2.14 bits per heavy atom. The maximum absolute atomic E-state index is 12.1. The molecular weight excluding hydrogens is 336 g/mol. The maximum atomic E-state index is 12.1. The van der Waals surface area contributed by atoms with Crippen molar-refractivity contribution in [2.45, 2.75) is 51.9 Å². The fraction of sp³-hybridized carbons (Fsp3) is 0.600. The Labute approximate surface area is 133 Å². The van der Waals surface area contributed by atoms with Gasteiger partial charge in [0, 0.05) is 29.2 Å². The number of aromatic nitrogens is 1. The van der Waals surface area contributed by atoms with E-state index in [0.29, 0.717) is 12.4 Å². The van der Waals surface area contributed by atoms with E-state index in [2.05, 4.69) is 20.9 Å². The van der Waals surface area contributed by atoms with E-state index < -0.39 is 5.60 Å². The number of hydrogen-bond acceptors (Lipinski definition) is 4. The van der Waals surface area contributed by atoms with Crippen molar-refractivity contribution in [3.8, 4) is 5.88 Å². The van der Waals surface area contributed by atoms with Gasteiger partial charge in [-0.15, -0.1) is 0 Å². The third kappa shape index (κ3) is 4.59. The molecule has 1 aromatic heterocycles. The van der Waals surface area contributed by atoms with Gasteiger partial charge in [-0.25, -0.2) is 9.78 Å². The van der Waals surface area contributed by atoms with E-state index in [0.717, 1.165) is 10.9 Å². The van der Waals surface area contributed by atoms with Crippen LogP contribution in [0, 0.1) is 0 Å². The molecule has 2 heterocycles. The average Bonchev–Trinajstić information content (AvgIpc) is 2.71. The molecule has 1 saturated heterocycles. The third-order valence-electron chi connectivity index (χ3n) is 3.15. The van der Waals surface area contributed by atoms with Gasteiger partial charge in [0.25, 0.3) is 0 Å². The Bertz CT molecular complexity index is 499. The van der Waals surface area contributed by atoms with E-state index in [4.69, 9.17) is 9.47 Å². The minimum atomic E-state index is -0.483. The van der Waals surface area contributed by atoms with Gasteiger partial charge in [0.2, 0.25) is 5.88 Å². The summed E-state index contributed by atoms with van der Waals surface area (Å²) in [6, 6.07) is 3.79. The number of pyridine rings is 1. The van der Waals surface area contributed by atoms with E-state index in [-0.39, 0.29) is 18.2 Å². The van der Waals surface area contributed by atoms with Crippen LogP contribution in [-0.2, 0) is 4.74 Å². The molecule has 0 bridgehead atoms. The summed E-state index contributed by atoms with van der Waals surface area (Å²) in [7, 11) is 0. The molecule has 0 radical (unpaired) electrons. The van der Waals surface area contributed by atoms with E-state index in [1.807, 2.05) is 39.8 Å². The van der Waals surface area contributed by atoms with Crippen molar-refractivity contribution in [2.75, 3.05) is 6.54 Å². The Morgan fingerprint density at radius 1 is 1.43 bits per heavy atom. The predicted molar refractivity (Wildman–Crippen MR) is 83.4 cm³/mol.